The molecular formula is C11H15N5O. The Bertz CT molecular complexity index is 406. The Labute approximate surface area is 99.4 Å². The van der Waals surface area contributed by atoms with Gasteiger partial charge in [0.25, 0.3) is 0 Å². The van der Waals surface area contributed by atoms with E-state index in [-0.39, 0.29) is 18.2 Å². The van der Waals surface area contributed by atoms with Crippen molar-refractivity contribution in [2.24, 2.45) is 5.10 Å². The van der Waals surface area contributed by atoms with Gasteiger partial charge in [-0.3, -0.25) is 10.9 Å². The molecule has 90 valence electrons. The summed E-state index contributed by atoms with van der Waals surface area (Å²) >= 11 is 0. The highest BCUT2D eigenvalue weighted by atomic mass is 16.2. The number of urea groups is 1. The standard InChI is InChI=1S/C11H15N5O/c1-8-10(13-11(17)16-14-8)15-12-7-9-5-3-2-4-6-9/h2-8,10,14-15H,1H3,(H2,13,16,17)/b12-7+. The molecule has 2 atom stereocenters. The van der Waals surface area contributed by atoms with E-state index < -0.39 is 0 Å². The molecule has 1 aromatic rings. The van der Waals surface area contributed by atoms with Crippen molar-refractivity contribution in [3.63, 3.8) is 0 Å². The molecule has 17 heavy (non-hydrogen) atoms. The van der Waals surface area contributed by atoms with Crippen LogP contribution in [0.1, 0.15) is 12.5 Å². The Morgan fingerprint density at radius 3 is 2.88 bits per heavy atom. The quantitative estimate of drug-likeness (QED) is 0.443. The second kappa shape index (κ2) is 5.31. The SMILES string of the molecule is CC1NNC(=O)NC1N/N=C/c1ccccc1. The zero-order chi connectivity index (χ0) is 12.1. The summed E-state index contributed by atoms with van der Waals surface area (Å²) in [4.78, 5) is 11.1. The van der Waals surface area contributed by atoms with Crippen LogP contribution < -0.4 is 21.6 Å². The number of rotatable bonds is 3. The van der Waals surface area contributed by atoms with Crippen molar-refractivity contribution in [1.29, 1.82) is 0 Å². The second-order valence-electron chi connectivity index (χ2n) is 3.81. The van der Waals surface area contributed by atoms with Gasteiger partial charge in [-0.25, -0.2) is 10.2 Å². The van der Waals surface area contributed by atoms with Gasteiger partial charge in [-0.05, 0) is 12.5 Å². The van der Waals surface area contributed by atoms with Gasteiger partial charge < -0.3 is 5.32 Å². The smallest absolute Gasteiger partial charge is 0.314 e. The van der Waals surface area contributed by atoms with E-state index in [1.165, 1.54) is 0 Å². The van der Waals surface area contributed by atoms with E-state index in [0.29, 0.717) is 0 Å². The largest absolute Gasteiger partial charge is 0.330 e. The van der Waals surface area contributed by atoms with Gasteiger partial charge in [0, 0.05) is 0 Å². The summed E-state index contributed by atoms with van der Waals surface area (Å²) in [6.07, 6.45) is 1.48. The van der Waals surface area contributed by atoms with Crippen LogP contribution in [0.3, 0.4) is 0 Å². The van der Waals surface area contributed by atoms with E-state index in [4.69, 9.17) is 0 Å². The summed E-state index contributed by atoms with van der Waals surface area (Å²) in [6, 6.07) is 9.51. The van der Waals surface area contributed by atoms with Crippen LogP contribution in [-0.2, 0) is 0 Å². The zero-order valence-electron chi connectivity index (χ0n) is 9.47. The molecule has 2 rings (SSSR count). The van der Waals surface area contributed by atoms with Crippen molar-refractivity contribution >= 4 is 12.2 Å². The highest BCUT2D eigenvalue weighted by Gasteiger charge is 2.23. The second-order valence-corrected chi connectivity index (χ2v) is 3.81. The molecule has 2 unspecified atom stereocenters. The first-order chi connectivity index (χ1) is 8.25. The van der Waals surface area contributed by atoms with Gasteiger partial charge in [-0.1, -0.05) is 30.3 Å². The molecule has 2 amide bonds. The molecule has 0 spiro atoms. The Kier molecular flexibility index (Phi) is 3.56. The lowest BCUT2D eigenvalue weighted by atomic mass is 10.2. The Morgan fingerprint density at radius 2 is 2.12 bits per heavy atom. The molecular weight excluding hydrogens is 218 g/mol. The van der Waals surface area contributed by atoms with E-state index >= 15 is 0 Å². The Balaban J connectivity index is 1.89. The number of carbonyl (C=O) groups is 1. The third-order valence-corrected chi connectivity index (χ3v) is 2.43. The average Bonchev–Trinajstić information content (AvgIpc) is 2.35. The fourth-order valence-electron chi connectivity index (χ4n) is 1.44. The van der Waals surface area contributed by atoms with Crippen LogP contribution in [0.15, 0.2) is 35.4 Å². The number of hydrazone groups is 1. The minimum Gasteiger partial charge on any atom is -0.314 e. The molecule has 1 aliphatic heterocycles. The van der Waals surface area contributed by atoms with Gasteiger partial charge in [-0.2, -0.15) is 5.10 Å². The van der Waals surface area contributed by atoms with E-state index in [0.717, 1.165) is 5.56 Å². The van der Waals surface area contributed by atoms with Crippen molar-refractivity contribution in [3.8, 4) is 0 Å². The van der Waals surface area contributed by atoms with Gasteiger partial charge in [-0.15, -0.1) is 0 Å². The van der Waals surface area contributed by atoms with Gasteiger partial charge in [0.2, 0.25) is 0 Å². The number of amides is 2. The van der Waals surface area contributed by atoms with Crippen molar-refractivity contribution in [3.05, 3.63) is 35.9 Å². The minimum absolute atomic E-state index is 0.0422. The average molecular weight is 233 g/mol. The van der Waals surface area contributed by atoms with E-state index in [1.54, 1.807) is 6.21 Å². The number of benzene rings is 1. The van der Waals surface area contributed by atoms with Crippen LogP contribution in [0.25, 0.3) is 0 Å². The predicted octanol–water partition coefficient (Wildman–Crippen LogP) is 0.142. The molecule has 0 bridgehead atoms. The normalized spacial score (nSPS) is 24.2. The molecule has 6 heteroatoms. The zero-order valence-corrected chi connectivity index (χ0v) is 9.47. The van der Waals surface area contributed by atoms with Crippen molar-refractivity contribution < 1.29 is 4.79 Å². The number of carbonyl (C=O) groups excluding carboxylic acids is 1. The first-order valence-corrected chi connectivity index (χ1v) is 5.41. The summed E-state index contributed by atoms with van der Waals surface area (Å²) in [6.45, 7) is 1.93. The van der Waals surface area contributed by atoms with Crippen LogP contribution in [0, 0.1) is 0 Å². The van der Waals surface area contributed by atoms with Gasteiger partial charge in [0.05, 0.1) is 12.3 Å². The third-order valence-electron chi connectivity index (χ3n) is 2.43. The van der Waals surface area contributed by atoms with E-state index in [2.05, 4.69) is 26.7 Å². The molecule has 1 saturated heterocycles. The van der Waals surface area contributed by atoms with Gasteiger partial charge >= 0.3 is 6.03 Å². The van der Waals surface area contributed by atoms with Gasteiger partial charge in [0.15, 0.2) is 0 Å². The summed E-state index contributed by atoms with van der Waals surface area (Å²) in [5, 5.41) is 6.81. The highest BCUT2D eigenvalue weighted by molar-refractivity contribution is 5.79. The van der Waals surface area contributed by atoms with Crippen LogP contribution in [0.2, 0.25) is 0 Å². The van der Waals surface area contributed by atoms with Crippen molar-refractivity contribution in [2.45, 2.75) is 19.1 Å². The maximum absolute atomic E-state index is 11.1. The summed E-state index contributed by atoms with van der Waals surface area (Å²) < 4.78 is 0. The number of nitrogens with one attached hydrogen (secondary N) is 4. The lowest BCUT2D eigenvalue weighted by Crippen LogP contribution is -2.67. The molecule has 4 N–H and O–H groups in total. The Hall–Kier alpha value is -2.08. The maximum atomic E-state index is 11.1. The van der Waals surface area contributed by atoms with Gasteiger partial charge in [0.1, 0.15) is 6.17 Å². The van der Waals surface area contributed by atoms with Crippen molar-refractivity contribution in [1.82, 2.24) is 21.6 Å². The minimum atomic E-state index is -0.268. The van der Waals surface area contributed by atoms with Crippen LogP contribution >= 0.6 is 0 Å². The number of hydrazine groups is 1. The summed E-state index contributed by atoms with van der Waals surface area (Å²) in [7, 11) is 0. The lowest BCUT2D eigenvalue weighted by molar-refractivity contribution is 0.202. The number of hydrogen-bond acceptors (Lipinski definition) is 4. The predicted molar refractivity (Wildman–Crippen MR) is 65.2 cm³/mol. The molecule has 1 aliphatic rings. The summed E-state index contributed by atoms with van der Waals surface area (Å²) in [5.74, 6) is 0. The number of hydrogen-bond donors (Lipinski definition) is 4. The molecule has 6 nitrogen and oxygen atoms in total. The topological polar surface area (TPSA) is 77.5 Å². The third kappa shape index (κ3) is 3.18. The molecule has 0 radical (unpaired) electrons. The van der Waals surface area contributed by atoms with Crippen LogP contribution in [-0.4, -0.2) is 24.5 Å². The summed E-state index contributed by atoms with van der Waals surface area (Å²) in [5.41, 5.74) is 9.20. The Morgan fingerprint density at radius 1 is 1.35 bits per heavy atom. The molecule has 1 heterocycles. The van der Waals surface area contributed by atoms with Crippen molar-refractivity contribution in [2.75, 3.05) is 0 Å². The molecule has 1 fully saturated rings. The molecule has 0 saturated carbocycles. The molecule has 1 aromatic carbocycles. The van der Waals surface area contributed by atoms with Crippen LogP contribution in [0.5, 0.6) is 0 Å². The molecule has 0 aromatic heterocycles. The first-order valence-electron chi connectivity index (χ1n) is 5.41. The monoisotopic (exact) mass is 233 g/mol. The fourth-order valence-corrected chi connectivity index (χ4v) is 1.44. The van der Waals surface area contributed by atoms with E-state index in [1.807, 2.05) is 37.3 Å². The lowest BCUT2D eigenvalue weighted by Gasteiger charge is -2.30. The van der Waals surface area contributed by atoms with Crippen LogP contribution in [0.4, 0.5) is 4.79 Å². The highest BCUT2D eigenvalue weighted by Crippen LogP contribution is 1.95. The maximum Gasteiger partial charge on any atom is 0.330 e. The van der Waals surface area contributed by atoms with E-state index in [9.17, 15) is 4.79 Å². The molecule has 0 aliphatic carbocycles. The fraction of sp³-hybridized carbons (Fsp3) is 0.273. The number of nitrogens with zero attached hydrogens (tertiary/aromatic N) is 1. The first kappa shape index (κ1) is 11.4.